The van der Waals surface area contributed by atoms with Crippen LogP contribution in [0.25, 0.3) is 0 Å². The third-order valence-corrected chi connectivity index (χ3v) is 3.39. The van der Waals surface area contributed by atoms with E-state index >= 15 is 0 Å². The second-order valence-corrected chi connectivity index (χ2v) is 5.08. The van der Waals surface area contributed by atoms with Gasteiger partial charge in [-0.1, -0.05) is 36.5 Å². The Morgan fingerprint density at radius 2 is 1.81 bits per heavy atom. The van der Waals surface area contributed by atoms with E-state index in [4.69, 9.17) is 18.0 Å². The van der Waals surface area contributed by atoms with Gasteiger partial charge in [0.2, 0.25) is 5.91 Å². The van der Waals surface area contributed by atoms with Crippen molar-refractivity contribution in [3.8, 4) is 0 Å². The molecule has 5 heteroatoms. The second kappa shape index (κ2) is 6.45. The van der Waals surface area contributed by atoms with E-state index in [1.807, 2.05) is 12.1 Å². The number of carbonyl (C=O) groups is 1. The number of benzene rings is 2. The lowest BCUT2D eigenvalue weighted by Crippen LogP contribution is -2.30. The zero-order valence-corrected chi connectivity index (χ0v) is 12.4. The predicted molar refractivity (Wildman–Crippen MR) is 85.8 cm³/mol. The number of para-hydroxylation sites is 1. The first-order valence-corrected chi connectivity index (χ1v) is 6.79. The van der Waals surface area contributed by atoms with Gasteiger partial charge in [0.05, 0.1) is 12.1 Å². The molecule has 3 nitrogen and oxygen atoms in total. The van der Waals surface area contributed by atoms with Gasteiger partial charge in [-0.05, 0) is 29.8 Å². The molecule has 2 aromatic carbocycles. The molecule has 0 aliphatic rings. The van der Waals surface area contributed by atoms with Gasteiger partial charge in [-0.3, -0.25) is 4.79 Å². The van der Waals surface area contributed by atoms with Gasteiger partial charge < -0.3 is 10.6 Å². The average molecular weight is 302 g/mol. The summed E-state index contributed by atoms with van der Waals surface area (Å²) >= 11 is 5.00. The smallest absolute Gasteiger partial charge is 0.231 e. The molecule has 2 aromatic rings. The number of hydrogen-bond donors (Lipinski definition) is 1. The quantitative estimate of drug-likeness (QED) is 0.883. The molecule has 0 saturated carbocycles. The van der Waals surface area contributed by atoms with Crippen LogP contribution >= 0.6 is 12.2 Å². The molecule has 0 spiro atoms. The molecule has 0 radical (unpaired) electrons. The van der Waals surface area contributed by atoms with Crippen molar-refractivity contribution in [3.05, 3.63) is 65.5 Å². The minimum atomic E-state index is -0.321. The van der Waals surface area contributed by atoms with E-state index in [-0.39, 0.29) is 23.1 Å². The maximum atomic E-state index is 12.9. The van der Waals surface area contributed by atoms with Crippen LogP contribution in [0.1, 0.15) is 11.1 Å². The lowest BCUT2D eigenvalue weighted by Gasteiger charge is -2.20. The van der Waals surface area contributed by atoms with Crippen molar-refractivity contribution in [2.24, 2.45) is 5.73 Å². The molecular formula is C16H15FN2OS. The Balaban J connectivity index is 2.20. The van der Waals surface area contributed by atoms with E-state index in [0.29, 0.717) is 11.3 Å². The first kappa shape index (κ1) is 15.1. The molecule has 0 atom stereocenters. The largest absolute Gasteiger partial charge is 0.389 e. The summed E-state index contributed by atoms with van der Waals surface area (Å²) in [5.41, 5.74) is 7.74. The topological polar surface area (TPSA) is 46.3 Å². The van der Waals surface area contributed by atoms with E-state index < -0.39 is 0 Å². The van der Waals surface area contributed by atoms with Gasteiger partial charge in [0.25, 0.3) is 0 Å². The fourth-order valence-corrected chi connectivity index (χ4v) is 2.18. The van der Waals surface area contributed by atoms with Gasteiger partial charge in [-0.2, -0.15) is 0 Å². The first-order valence-electron chi connectivity index (χ1n) is 6.39. The van der Waals surface area contributed by atoms with E-state index in [1.165, 1.54) is 17.0 Å². The van der Waals surface area contributed by atoms with Crippen LogP contribution in [0.2, 0.25) is 0 Å². The van der Waals surface area contributed by atoms with Crippen LogP contribution in [0, 0.1) is 5.82 Å². The number of nitrogens with zero attached hydrogens (tertiary/aromatic N) is 1. The minimum absolute atomic E-state index is 0.120. The van der Waals surface area contributed by atoms with Crippen molar-refractivity contribution in [2.45, 2.75) is 6.42 Å². The number of amides is 1. The molecule has 0 fully saturated rings. The number of hydrogen-bond acceptors (Lipinski definition) is 2. The fourth-order valence-electron chi connectivity index (χ4n) is 2.00. The molecule has 0 aromatic heterocycles. The lowest BCUT2D eigenvalue weighted by molar-refractivity contribution is -0.117. The summed E-state index contributed by atoms with van der Waals surface area (Å²) in [6.45, 7) is 0. The number of anilines is 1. The molecule has 108 valence electrons. The third kappa shape index (κ3) is 3.64. The highest BCUT2D eigenvalue weighted by molar-refractivity contribution is 7.80. The maximum Gasteiger partial charge on any atom is 0.231 e. The van der Waals surface area contributed by atoms with Crippen molar-refractivity contribution in [1.29, 1.82) is 0 Å². The van der Waals surface area contributed by atoms with Gasteiger partial charge in [0.1, 0.15) is 10.8 Å². The Labute approximate surface area is 128 Å². The number of thiocarbonyl (C=S) groups is 1. The van der Waals surface area contributed by atoms with Crippen molar-refractivity contribution in [1.82, 2.24) is 0 Å². The highest BCUT2D eigenvalue weighted by atomic mass is 32.1. The zero-order valence-electron chi connectivity index (χ0n) is 11.5. The molecule has 0 saturated heterocycles. The average Bonchev–Trinajstić information content (AvgIpc) is 2.48. The molecular weight excluding hydrogens is 287 g/mol. The third-order valence-electron chi connectivity index (χ3n) is 3.17. The Hall–Kier alpha value is -2.27. The van der Waals surface area contributed by atoms with Crippen LogP contribution in [0.3, 0.4) is 0 Å². The minimum Gasteiger partial charge on any atom is -0.389 e. The second-order valence-electron chi connectivity index (χ2n) is 4.64. The summed E-state index contributed by atoms with van der Waals surface area (Å²) in [6, 6.07) is 13.1. The van der Waals surface area contributed by atoms with Crippen LogP contribution in [0.5, 0.6) is 0 Å². The van der Waals surface area contributed by atoms with E-state index in [0.717, 1.165) is 5.56 Å². The summed E-state index contributed by atoms with van der Waals surface area (Å²) in [4.78, 5) is 14.1. The molecule has 1 amide bonds. The summed E-state index contributed by atoms with van der Waals surface area (Å²) in [5.74, 6) is -0.441. The van der Waals surface area contributed by atoms with Crippen molar-refractivity contribution in [3.63, 3.8) is 0 Å². The highest BCUT2D eigenvalue weighted by Gasteiger charge is 2.15. The van der Waals surface area contributed by atoms with Crippen LogP contribution in [0.4, 0.5) is 10.1 Å². The van der Waals surface area contributed by atoms with Gasteiger partial charge >= 0.3 is 0 Å². The summed E-state index contributed by atoms with van der Waals surface area (Å²) < 4.78 is 12.9. The van der Waals surface area contributed by atoms with Crippen LogP contribution < -0.4 is 10.6 Å². The van der Waals surface area contributed by atoms with Crippen molar-refractivity contribution < 1.29 is 9.18 Å². The van der Waals surface area contributed by atoms with Crippen molar-refractivity contribution in [2.75, 3.05) is 11.9 Å². The molecule has 0 bridgehead atoms. The molecule has 21 heavy (non-hydrogen) atoms. The molecule has 2 rings (SSSR count). The first-order chi connectivity index (χ1) is 9.99. The summed E-state index contributed by atoms with van der Waals surface area (Å²) in [6.07, 6.45) is 0.183. The zero-order chi connectivity index (χ0) is 15.4. The normalized spacial score (nSPS) is 10.2. The fraction of sp³-hybridized carbons (Fsp3) is 0.125. The van der Waals surface area contributed by atoms with Gasteiger partial charge in [0, 0.05) is 12.6 Å². The lowest BCUT2D eigenvalue weighted by atomic mass is 10.1. The summed E-state index contributed by atoms with van der Waals surface area (Å²) in [7, 11) is 1.67. The Morgan fingerprint density at radius 3 is 2.43 bits per heavy atom. The van der Waals surface area contributed by atoms with Crippen molar-refractivity contribution >= 4 is 28.8 Å². The number of halogens is 1. The van der Waals surface area contributed by atoms with Crippen LogP contribution in [-0.4, -0.2) is 17.9 Å². The monoisotopic (exact) mass is 302 g/mol. The maximum absolute atomic E-state index is 12.9. The molecule has 2 N–H and O–H groups in total. The van der Waals surface area contributed by atoms with Gasteiger partial charge in [-0.15, -0.1) is 0 Å². The number of carbonyl (C=O) groups excluding carboxylic acids is 1. The van der Waals surface area contributed by atoms with E-state index in [2.05, 4.69) is 0 Å². The van der Waals surface area contributed by atoms with E-state index in [9.17, 15) is 9.18 Å². The SMILES string of the molecule is CN(C(=O)Cc1ccc(F)cc1)c1ccccc1C(N)=S. The van der Waals surface area contributed by atoms with E-state index in [1.54, 1.807) is 31.3 Å². The predicted octanol–water partition coefficient (Wildman–Crippen LogP) is 2.67. The molecule has 0 aliphatic heterocycles. The van der Waals surface area contributed by atoms with Gasteiger partial charge in [-0.25, -0.2) is 4.39 Å². The molecule has 0 heterocycles. The van der Waals surface area contributed by atoms with Crippen LogP contribution in [-0.2, 0) is 11.2 Å². The van der Waals surface area contributed by atoms with Crippen LogP contribution in [0.15, 0.2) is 48.5 Å². The standard InChI is InChI=1S/C16H15FN2OS/c1-19(14-5-3-2-4-13(14)16(18)21)15(20)10-11-6-8-12(17)9-7-11/h2-9H,10H2,1H3,(H2,18,21). The molecule has 0 unspecified atom stereocenters. The molecule has 0 aliphatic carbocycles. The Kier molecular flexibility index (Phi) is 4.65. The number of rotatable bonds is 4. The number of nitrogens with two attached hydrogens (primary N) is 1. The van der Waals surface area contributed by atoms with Gasteiger partial charge in [0.15, 0.2) is 0 Å². The summed E-state index contributed by atoms with van der Waals surface area (Å²) in [5, 5.41) is 0. The Morgan fingerprint density at radius 1 is 1.19 bits per heavy atom. The highest BCUT2D eigenvalue weighted by Crippen LogP contribution is 2.20. The Bertz CT molecular complexity index is 670. The number of likely N-dealkylation sites (N-methyl/N-ethyl adjacent to an activating group) is 1.